The van der Waals surface area contributed by atoms with E-state index >= 15 is 0 Å². The first-order chi connectivity index (χ1) is 18.9. The van der Waals surface area contributed by atoms with Crippen LogP contribution >= 0.6 is 11.3 Å². The van der Waals surface area contributed by atoms with Crippen LogP contribution in [0.1, 0.15) is 49.4 Å². The van der Waals surface area contributed by atoms with Crippen LogP contribution in [0.15, 0.2) is 65.8 Å². The molecule has 9 nitrogen and oxygen atoms in total. The Bertz CT molecular complexity index is 1510. The number of sulfonamides is 1. The van der Waals surface area contributed by atoms with Crippen molar-refractivity contribution in [1.29, 1.82) is 0 Å². The highest BCUT2D eigenvalue weighted by molar-refractivity contribution is 7.89. The van der Waals surface area contributed by atoms with E-state index in [4.69, 9.17) is 9.72 Å². The van der Waals surface area contributed by atoms with E-state index in [1.54, 1.807) is 51.5 Å². The van der Waals surface area contributed by atoms with E-state index < -0.39 is 10.0 Å². The molecule has 0 atom stereocenters. The van der Waals surface area contributed by atoms with E-state index in [1.807, 2.05) is 37.4 Å². The van der Waals surface area contributed by atoms with Gasteiger partial charge in [-0.1, -0.05) is 37.5 Å². The van der Waals surface area contributed by atoms with Crippen molar-refractivity contribution in [3.63, 3.8) is 0 Å². The second kappa shape index (κ2) is 11.8. The van der Waals surface area contributed by atoms with Gasteiger partial charge < -0.3 is 4.74 Å². The molecule has 206 valence electrons. The maximum absolute atomic E-state index is 13.8. The van der Waals surface area contributed by atoms with Crippen LogP contribution in [0.3, 0.4) is 0 Å². The molecule has 1 fully saturated rings. The lowest BCUT2D eigenvalue weighted by Crippen LogP contribution is -2.41. The Hall–Kier alpha value is -3.28. The zero-order valence-corrected chi connectivity index (χ0v) is 23.8. The zero-order chi connectivity index (χ0) is 27.4. The number of carbonyl (C=O) groups excluding carboxylic acids is 1. The monoisotopic (exact) mass is 567 g/mol. The quantitative estimate of drug-likeness (QED) is 0.262. The molecular formula is C28H33N5O4S2. The van der Waals surface area contributed by atoms with Gasteiger partial charge in [0.15, 0.2) is 5.13 Å². The van der Waals surface area contributed by atoms with E-state index in [0.29, 0.717) is 30.3 Å². The lowest BCUT2D eigenvalue weighted by atomic mass is 9.95. The second-order valence-corrected chi connectivity index (χ2v) is 12.5. The first kappa shape index (κ1) is 27.3. The summed E-state index contributed by atoms with van der Waals surface area (Å²) in [6.45, 7) is 3.15. The molecule has 4 aromatic rings. The van der Waals surface area contributed by atoms with Gasteiger partial charge in [-0.2, -0.15) is 9.40 Å². The number of methoxy groups -OCH3 is 1. The maximum Gasteiger partial charge on any atom is 0.260 e. The van der Waals surface area contributed by atoms with Crippen molar-refractivity contribution >= 4 is 42.6 Å². The predicted octanol–water partition coefficient (Wildman–Crippen LogP) is 5.19. The van der Waals surface area contributed by atoms with Crippen LogP contribution in [0.2, 0.25) is 0 Å². The molecule has 0 aliphatic heterocycles. The van der Waals surface area contributed by atoms with Crippen molar-refractivity contribution in [2.24, 2.45) is 0 Å². The number of carbonyl (C=O) groups is 1. The smallest absolute Gasteiger partial charge is 0.260 e. The number of benzene rings is 2. The summed E-state index contributed by atoms with van der Waals surface area (Å²) in [6, 6.07) is 13.8. The van der Waals surface area contributed by atoms with Crippen LogP contribution in [0.25, 0.3) is 10.2 Å². The van der Waals surface area contributed by atoms with Gasteiger partial charge in [-0.3, -0.25) is 14.4 Å². The van der Waals surface area contributed by atoms with E-state index in [0.717, 1.165) is 48.1 Å². The second-order valence-electron chi connectivity index (χ2n) is 9.58. The fourth-order valence-corrected chi connectivity index (χ4v) is 7.82. The fourth-order valence-electron chi connectivity index (χ4n) is 5.11. The molecule has 2 aromatic heterocycles. The highest BCUT2D eigenvalue weighted by Gasteiger charge is 2.31. The summed E-state index contributed by atoms with van der Waals surface area (Å²) in [5, 5.41) is 4.81. The number of thiazole rings is 1. The summed E-state index contributed by atoms with van der Waals surface area (Å²) in [4.78, 5) is 20.3. The minimum absolute atomic E-state index is 0.0329. The number of aromatic nitrogens is 3. The van der Waals surface area contributed by atoms with Crippen molar-refractivity contribution in [3.8, 4) is 5.75 Å². The summed E-state index contributed by atoms with van der Waals surface area (Å²) < 4.78 is 36.6. The van der Waals surface area contributed by atoms with Crippen molar-refractivity contribution in [2.45, 2.75) is 56.5 Å². The van der Waals surface area contributed by atoms with Gasteiger partial charge in [0.1, 0.15) is 5.75 Å². The third kappa shape index (κ3) is 5.85. The molecule has 11 heteroatoms. The zero-order valence-electron chi connectivity index (χ0n) is 22.2. The third-order valence-electron chi connectivity index (χ3n) is 7.17. The molecule has 1 saturated carbocycles. The first-order valence-corrected chi connectivity index (χ1v) is 15.5. The van der Waals surface area contributed by atoms with E-state index in [-0.39, 0.29) is 16.8 Å². The highest BCUT2D eigenvalue weighted by atomic mass is 32.2. The summed E-state index contributed by atoms with van der Waals surface area (Å²) in [7, 11) is -2.04. The summed E-state index contributed by atoms with van der Waals surface area (Å²) in [5.74, 6) is 0.468. The molecule has 0 N–H and O–H groups in total. The molecule has 2 heterocycles. The Morgan fingerprint density at radius 2 is 1.90 bits per heavy atom. The predicted molar refractivity (Wildman–Crippen MR) is 153 cm³/mol. The van der Waals surface area contributed by atoms with Crippen molar-refractivity contribution in [2.75, 3.05) is 25.1 Å². The number of amides is 1. The van der Waals surface area contributed by atoms with Gasteiger partial charge in [0.05, 0.1) is 28.8 Å². The number of ether oxygens (including phenoxy) is 1. The lowest BCUT2D eigenvalue weighted by molar-refractivity contribution is 0.0985. The van der Waals surface area contributed by atoms with Crippen LogP contribution in [0, 0.1) is 0 Å². The number of hydrogen-bond acceptors (Lipinski definition) is 7. The SMILES string of the molecule is CCN(C1CCCCC1)S(=O)(=O)c1ccc(C(=O)N(CCn2cccn2)c2nc3ccc(OC)cc3s2)cc1. The molecule has 2 aromatic carbocycles. The number of nitrogens with zero attached hydrogens (tertiary/aromatic N) is 5. The summed E-state index contributed by atoms with van der Waals surface area (Å²) in [5.41, 5.74) is 1.17. The molecule has 0 bridgehead atoms. The van der Waals surface area contributed by atoms with E-state index in [1.165, 1.54) is 11.3 Å². The molecule has 1 aliphatic carbocycles. The van der Waals surface area contributed by atoms with Gasteiger partial charge in [-0.05, 0) is 61.4 Å². The van der Waals surface area contributed by atoms with Gasteiger partial charge in [-0.25, -0.2) is 13.4 Å². The number of fused-ring (bicyclic) bond motifs is 1. The Kier molecular flexibility index (Phi) is 8.29. The van der Waals surface area contributed by atoms with Crippen LogP contribution in [0.4, 0.5) is 5.13 Å². The Morgan fingerprint density at radius 1 is 1.13 bits per heavy atom. The van der Waals surface area contributed by atoms with Crippen molar-refractivity contribution in [1.82, 2.24) is 19.1 Å². The first-order valence-electron chi connectivity index (χ1n) is 13.3. The normalized spacial score (nSPS) is 14.6. The number of rotatable bonds is 10. The van der Waals surface area contributed by atoms with Crippen LogP contribution in [0.5, 0.6) is 5.75 Å². The van der Waals surface area contributed by atoms with Gasteiger partial charge in [0.25, 0.3) is 5.91 Å². The molecule has 39 heavy (non-hydrogen) atoms. The molecular weight excluding hydrogens is 534 g/mol. The van der Waals surface area contributed by atoms with Gasteiger partial charge >= 0.3 is 0 Å². The molecule has 5 rings (SSSR count). The van der Waals surface area contributed by atoms with Crippen LogP contribution in [-0.4, -0.2) is 59.6 Å². The van der Waals surface area contributed by atoms with Gasteiger partial charge in [0.2, 0.25) is 10.0 Å². The third-order valence-corrected chi connectivity index (χ3v) is 10.3. The minimum atomic E-state index is -3.65. The summed E-state index contributed by atoms with van der Waals surface area (Å²) in [6.07, 6.45) is 8.59. The lowest BCUT2D eigenvalue weighted by Gasteiger charge is -2.32. The van der Waals surface area contributed by atoms with Crippen molar-refractivity contribution in [3.05, 3.63) is 66.5 Å². The van der Waals surface area contributed by atoms with E-state index in [9.17, 15) is 13.2 Å². The van der Waals surface area contributed by atoms with E-state index in [2.05, 4.69) is 5.10 Å². The van der Waals surface area contributed by atoms with Crippen molar-refractivity contribution < 1.29 is 17.9 Å². The van der Waals surface area contributed by atoms with Gasteiger partial charge in [-0.15, -0.1) is 0 Å². The molecule has 0 unspecified atom stereocenters. The molecule has 0 spiro atoms. The number of hydrogen-bond donors (Lipinski definition) is 0. The minimum Gasteiger partial charge on any atom is -0.497 e. The summed E-state index contributed by atoms with van der Waals surface area (Å²) >= 11 is 1.41. The molecule has 0 saturated heterocycles. The van der Waals surface area contributed by atoms with Crippen LogP contribution in [-0.2, 0) is 16.6 Å². The molecule has 0 radical (unpaired) electrons. The van der Waals surface area contributed by atoms with Crippen LogP contribution < -0.4 is 9.64 Å². The average Bonchev–Trinajstić information content (AvgIpc) is 3.63. The van der Waals surface area contributed by atoms with Gasteiger partial charge in [0, 0.05) is 37.1 Å². The Labute approximate surface area is 233 Å². The highest BCUT2D eigenvalue weighted by Crippen LogP contribution is 2.33. The topological polar surface area (TPSA) is 97.6 Å². The fraction of sp³-hybridized carbons (Fsp3) is 0.393. The largest absolute Gasteiger partial charge is 0.497 e. The number of anilines is 1. The standard InChI is InChI=1S/C28H33N5O4S2/c1-3-33(22-8-5-4-6-9-22)39(35,36)24-13-10-21(11-14-24)27(34)32(19-18-31-17-7-16-29-31)28-30-25-15-12-23(37-2)20-26(25)38-28/h7,10-17,20,22H,3-6,8-9,18-19H2,1-2H3. The Morgan fingerprint density at radius 3 is 2.56 bits per heavy atom. The molecule has 1 aliphatic rings. The molecule has 1 amide bonds. The maximum atomic E-state index is 13.8. The average molecular weight is 568 g/mol. The Balaban J connectivity index is 1.42.